The number of nitrogens with zero attached hydrogens (tertiary/aromatic N) is 2. The predicted octanol–water partition coefficient (Wildman–Crippen LogP) is 2.12. The Bertz CT molecular complexity index is 630. The Labute approximate surface area is 85.9 Å². The number of methoxy groups -OCH3 is 1. The second kappa shape index (κ2) is 2.95. The third-order valence-corrected chi connectivity index (χ3v) is 2.47. The van der Waals surface area contributed by atoms with Crippen molar-refractivity contribution in [1.82, 2.24) is 15.0 Å². The van der Waals surface area contributed by atoms with E-state index in [2.05, 4.69) is 15.0 Å². The van der Waals surface area contributed by atoms with Gasteiger partial charge in [0.05, 0.1) is 30.7 Å². The lowest BCUT2D eigenvalue weighted by Gasteiger charge is -2.03. The number of H-pyrrole nitrogens is 1. The Balaban J connectivity index is 2.53. The van der Waals surface area contributed by atoms with Crippen molar-refractivity contribution in [2.75, 3.05) is 7.11 Å². The van der Waals surface area contributed by atoms with Crippen LogP contribution in [0.25, 0.3) is 21.9 Å². The summed E-state index contributed by atoms with van der Waals surface area (Å²) in [7, 11) is 1.64. The summed E-state index contributed by atoms with van der Waals surface area (Å²) in [4.78, 5) is 11.7. The summed E-state index contributed by atoms with van der Waals surface area (Å²) in [6.45, 7) is 0. The molecule has 2 aromatic heterocycles. The highest BCUT2D eigenvalue weighted by Crippen LogP contribution is 2.27. The Kier molecular flexibility index (Phi) is 1.62. The molecule has 0 fully saturated rings. The topological polar surface area (TPSA) is 50.8 Å². The van der Waals surface area contributed by atoms with E-state index >= 15 is 0 Å². The van der Waals surface area contributed by atoms with Gasteiger partial charge in [-0.15, -0.1) is 0 Å². The van der Waals surface area contributed by atoms with E-state index in [-0.39, 0.29) is 0 Å². The number of hydrogen-bond donors (Lipinski definition) is 1. The van der Waals surface area contributed by atoms with Crippen LogP contribution in [0.5, 0.6) is 5.75 Å². The number of benzene rings is 1. The number of nitrogens with one attached hydrogen (secondary N) is 1. The lowest BCUT2D eigenvalue weighted by atomic mass is 10.2. The third-order valence-electron chi connectivity index (χ3n) is 2.47. The van der Waals surface area contributed by atoms with Crippen LogP contribution in [0, 0.1) is 0 Å². The number of pyridine rings is 1. The van der Waals surface area contributed by atoms with Crippen LogP contribution in [0.3, 0.4) is 0 Å². The number of fused-ring (bicyclic) bond motifs is 3. The summed E-state index contributed by atoms with van der Waals surface area (Å²) >= 11 is 0. The lowest BCUT2D eigenvalue weighted by Crippen LogP contribution is -1.87. The molecule has 4 heteroatoms. The number of rotatable bonds is 1. The van der Waals surface area contributed by atoms with Crippen LogP contribution in [0.2, 0.25) is 0 Å². The second-order valence-corrected chi connectivity index (χ2v) is 3.28. The first kappa shape index (κ1) is 8.23. The molecular formula is C11H9N3O. The summed E-state index contributed by atoms with van der Waals surface area (Å²) in [5, 5.41) is 1.01. The first-order valence-electron chi connectivity index (χ1n) is 4.65. The van der Waals surface area contributed by atoms with Crippen LogP contribution >= 0.6 is 0 Å². The van der Waals surface area contributed by atoms with E-state index in [1.165, 1.54) is 0 Å². The fraction of sp³-hybridized carbons (Fsp3) is 0.0909. The van der Waals surface area contributed by atoms with Crippen molar-refractivity contribution in [3.63, 3.8) is 0 Å². The van der Waals surface area contributed by atoms with Gasteiger partial charge < -0.3 is 9.72 Å². The molecule has 0 atom stereocenters. The quantitative estimate of drug-likeness (QED) is 0.653. The van der Waals surface area contributed by atoms with Crippen molar-refractivity contribution in [3.8, 4) is 5.75 Å². The zero-order valence-corrected chi connectivity index (χ0v) is 8.19. The molecule has 2 heterocycles. The van der Waals surface area contributed by atoms with Crippen molar-refractivity contribution in [2.45, 2.75) is 0 Å². The van der Waals surface area contributed by atoms with Crippen molar-refractivity contribution in [3.05, 3.63) is 30.7 Å². The zero-order chi connectivity index (χ0) is 10.3. The summed E-state index contributed by atoms with van der Waals surface area (Å²) in [6.07, 6.45) is 3.44. The van der Waals surface area contributed by atoms with E-state index in [9.17, 15) is 0 Å². The van der Waals surface area contributed by atoms with Gasteiger partial charge in [-0.05, 0) is 6.07 Å². The van der Waals surface area contributed by atoms with Gasteiger partial charge in [0.25, 0.3) is 0 Å². The lowest BCUT2D eigenvalue weighted by molar-refractivity contribution is 0.419. The van der Waals surface area contributed by atoms with Crippen LogP contribution in [-0.2, 0) is 0 Å². The summed E-state index contributed by atoms with van der Waals surface area (Å²) in [5.74, 6) is 0.775. The molecule has 0 unspecified atom stereocenters. The molecular weight excluding hydrogens is 190 g/mol. The number of aromatic nitrogens is 3. The summed E-state index contributed by atoms with van der Waals surface area (Å²) in [5.41, 5.74) is 2.72. The maximum absolute atomic E-state index is 5.25. The zero-order valence-electron chi connectivity index (χ0n) is 8.19. The van der Waals surface area contributed by atoms with E-state index in [1.54, 1.807) is 19.6 Å². The molecule has 0 spiro atoms. The number of hydrogen-bond acceptors (Lipinski definition) is 3. The van der Waals surface area contributed by atoms with E-state index in [0.717, 1.165) is 27.7 Å². The first-order chi connectivity index (χ1) is 7.40. The average molecular weight is 199 g/mol. The average Bonchev–Trinajstić information content (AvgIpc) is 2.76. The van der Waals surface area contributed by atoms with Gasteiger partial charge in [0.2, 0.25) is 0 Å². The number of aromatic amines is 1. The van der Waals surface area contributed by atoms with Gasteiger partial charge in [-0.2, -0.15) is 0 Å². The van der Waals surface area contributed by atoms with Crippen LogP contribution in [-0.4, -0.2) is 22.1 Å². The minimum absolute atomic E-state index is 0.775. The molecule has 0 radical (unpaired) electrons. The van der Waals surface area contributed by atoms with Crippen molar-refractivity contribution in [2.24, 2.45) is 0 Å². The molecule has 4 nitrogen and oxygen atoms in total. The van der Waals surface area contributed by atoms with E-state index in [4.69, 9.17) is 4.74 Å². The molecule has 0 saturated heterocycles. The second-order valence-electron chi connectivity index (χ2n) is 3.28. The van der Waals surface area contributed by atoms with Gasteiger partial charge in [0.15, 0.2) is 0 Å². The molecule has 0 aliphatic rings. The molecule has 0 bridgehead atoms. The monoisotopic (exact) mass is 199 g/mol. The predicted molar refractivity (Wildman–Crippen MR) is 57.9 cm³/mol. The first-order valence-corrected chi connectivity index (χ1v) is 4.65. The largest absolute Gasteiger partial charge is 0.494 e. The smallest absolute Gasteiger partial charge is 0.145 e. The summed E-state index contributed by atoms with van der Waals surface area (Å²) < 4.78 is 5.25. The van der Waals surface area contributed by atoms with E-state index in [0.29, 0.717) is 0 Å². The minimum atomic E-state index is 0.775. The maximum Gasteiger partial charge on any atom is 0.145 e. The molecule has 0 aliphatic heterocycles. The molecule has 0 aliphatic carbocycles. The number of imidazole rings is 1. The van der Waals surface area contributed by atoms with Crippen LogP contribution in [0.4, 0.5) is 0 Å². The maximum atomic E-state index is 5.25. The standard InChI is InChI=1S/C11H9N3O/c1-15-9-4-2-3-7-10-8(13-6-14-10)5-12-11(7)9/h2-6H,1H3,(H,13,14). The molecule has 1 N–H and O–H groups in total. The fourth-order valence-corrected chi connectivity index (χ4v) is 1.76. The Morgan fingerprint density at radius 2 is 2.13 bits per heavy atom. The molecule has 74 valence electrons. The third kappa shape index (κ3) is 1.08. The van der Waals surface area contributed by atoms with Crippen molar-refractivity contribution >= 4 is 21.9 Å². The van der Waals surface area contributed by atoms with Crippen molar-refractivity contribution in [1.29, 1.82) is 0 Å². The molecule has 3 aromatic rings. The van der Waals surface area contributed by atoms with Crippen molar-refractivity contribution < 1.29 is 4.74 Å². The van der Waals surface area contributed by atoms with Crippen LogP contribution < -0.4 is 4.74 Å². The Morgan fingerprint density at radius 3 is 3.00 bits per heavy atom. The molecule has 3 rings (SSSR count). The normalized spacial score (nSPS) is 11.0. The Morgan fingerprint density at radius 1 is 1.20 bits per heavy atom. The number of para-hydroxylation sites is 1. The van der Waals surface area contributed by atoms with Gasteiger partial charge in [-0.1, -0.05) is 12.1 Å². The SMILES string of the molecule is COc1cccc2c1ncc1[nH]cnc12. The van der Waals surface area contributed by atoms with E-state index < -0.39 is 0 Å². The van der Waals surface area contributed by atoms with Crippen LogP contribution in [0.15, 0.2) is 30.7 Å². The fourth-order valence-electron chi connectivity index (χ4n) is 1.76. The molecule has 0 amide bonds. The number of ether oxygens (including phenoxy) is 1. The van der Waals surface area contributed by atoms with Gasteiger partial charge in [0.1, 0.15) is 11.3 Å². The highest BCUT2D eigenvalue weighted by molar-refractivity contribution is 6.03. The summed E-state index contributed by atoms with van der Waals surface area (Å²) in [6, 6.07) is 5.83. The van der Waals surface area contributed by atoms with Gasteiger partial charge in [-0.3, -0.25) is 4.98 Å². The molecule has 15 heavy (non-hydrogen) atoms. The van der Waals surface area contributed by atoms with Gasteiger partial charge in [0, 0.05) is 5.39 Å². The Hall–Kier alpha value is -2.10. The van der Waals surface area contributed by atoms with Gasteiger partial charge in [-0.25, -0.2) is 4.98 Å². The van der Waals surface area contributed by atoms with E-state index in [1.807, 2.05) is 18.2 Å². The highest BCUT2D eigenvalue weighted by atomic mass is 16.5. The van der Waals surface area contributed by atoms with Gasteiger partial charge >= 0.3 is 0 Å². The molecule has 1 aromatic carbocycles. The molecule has 0 saturated carbocycles. The highest BCUT2D eigenvalue weighted by Gasteiger charge is 2.07. The van der Waals surface area contributed by atoms with Crippen LogP contribution in [0.1, 0.15) is 0 Å². The minimum Gasteiger partial charge on any atom is -0.494 e.